The van der Waals surface area contributed by atoms with E-state index in [2.05, 4.69) is 9.47 Å². The van der Waals surface area contributed by atoms with E-state index in [0.717, 1.165) is 12.1 Å². The quantitative estimate of drug-likeness (QED) is 0.852. The zero-order valence-electron chi connectivity index (χ0n) is 9.30. The van der Waals surface area contributed by atoms with Crippen LogP contribution in [0.2, 0.25) is 5.02 Å². The molecule has 104 valence electrons. The second-order valence-corrected chi connectivity index (χ2v) is 4.10. The molecule has 0 aromatic heterocycles. The minimum atomic E-state index is -4.75. The van der Waals surface area contributed by atoms with E-state index in [4.69, 9.17) is 17.3 Å². The first-order chi connectivity index (χ1) is 8.77. The third kappa shape index (κ3) is 2.48. The van der Waals surface area contributed by atoms with Crippen LogP contribution in [-0.2, 0) is 0 Å². The van der Waals surface area contributed by atoms with Crippen molar-refractivity contribution in [2.24, 2.45) is 5.73 Å². The molecule has 0 spiro atoms. The number of rotatable bonds is 2. The zero-order chi connectivity index (χ0) is 14.3. The molecule has 2 N–H and O–H groups in total. The van der Waals surface area contributed by atoms with Crippen LogP contribution in [0.25, 0.3) is 6.08 Å². The van der Waals surface area contributed by atoms with Crippen LogP contribution in [0.1, 0.15) is 5.56 Å². The summed E-state index contributed by atoms with van der Waals surface area (Å²) in [6.07, 6.45) is -6.53. The summed E-state index contributed by atoms with van der Waals surface area (Å²) in [4.78, 5) is 0. The predicted molar refractivity (Wildman–Crippen MR) is 60.7 cm³/mol. The van der Waals surface area contributed by atoms with Crippen molar-refractivity contribution < 1.29 is 27.0 Å². The summed E-state index contributed by atoms with van der Waals surface area (Å²) in [5, 5.41) is 0.0491. The molecular formula is C11H8ClF4NO2. The number of nitrogens with two attached hydrogens (primary N) is 1. The highest BCUT2D eigenvalue weighted by Crippen LogP contribution is 2.48. The Morgan fingerprint density at radius 1 is 1.11 bits per heavy atom. The van der Waals surface area contributed by atoms with Gasteiger partial charge in [0.1, 0.15) is 0 Å². The smallest absolute Gasteiger partial charge is 0.421 e. The Bertz CT molecular complexity index is 534. The van der Waals surface area contributed by atoms with Crippen LogP contribution in [0.15, 0.2) is 18.2 Å². The van der Waals surface area contributed by atoms with Gasteiger partial charge in [-0.2, -0.15) is 17.6 Å². The summed E-state index contributed by atoms with van der Waals surface area (Å²) in [7, 11) is 0. The highest BCUT2D eigenvalue weighted by atomic mass is 35.5. The number of benzene rings is 1. The summed E-state index contributed by atoms with van der Waals surface area (Å²) < 4.78 is 59.7. The molecule has 1 aromatic carbocycles. The molecule has 0 radical (unpaired) electrons. The number of alkyl halides is 4. The molecule has 0 atom stereocenters. The fraction of sp³-hybridized carbons (Fsp3) is 0.273. The number of hydrogen-bond donors (Lipinski definition) is 1. The van der Waals surface area contributed by atoms with Crippen LogP contribution >= 0.6 is 11.6 Å². The fourth-order valence-electron chi connectivity index (χ4n) is 1.43. The van der Waals surface area contributed by atoms with Gasteiger partial charge in [0.05, 0.1) is 5.02 Å². The Morgan fingerprint density at radius 3 is 2.16 bits per heavy atom. The molecule has 0 saturated heterocycles. The maximum Gasteiger partial charge on any atom is 0.507 e. The minimum Gasteiger partial charge on any atom is -0.421 e. The van der Waals surface area contributed by atoms with Gasteiger partial charge in [0.25, 0.3) is 0 Å². The van der Waals surface area contributed by atoms with Crippen LogP contribution < -0.4 is 15.2 Å². The predicted octanol–water partition coefficient (Wildman–Crippen LogP) is 3.27. The molecule has 1 aliphatic rings. The van der Waals surface area contributed by atoms with Crippen LogP contribution in [0.3, 0.4) is 0 Å². The highest BCUT2D eigenvalue weighted by Gasteiger charge is 2.66. The summed E-state index contributed by atoms with van der Waals surface area (Å²) in [6.45, 7) is 0.207. The molecule has 3 nitrogen and oxygen atoms in total. The van der Waals surface area contributed by atoms with Gasteiger partial charge in [-0.25, -0.2) is 0 Å². The monoisotopic (exact) mass is 297 g/mol. The third-order valence-corrected chi connectivity index (χ3v) is 2.64. The van der Waals surface area contributed by atoms with E-state index in [1.807, 2.05) is 0 Å². The molecule has 1 aliphatic heterocycles. The van der Waals surface area contributed by atoms with Gasteiger partial charge in [0.15, 0.2) is 11.5 Å². The topological polar surface area (TPSA) is 44.5 Å². The second kappa shape index (κ2) is 4.57. The van der Waals surface area contributed by atoms with Gasteiger partial charge in [0.2, 0.25) is 0 Å². The Kier molecular flexibility index (Phi) is 3.36. The van der Waals surface area contributed by atoms with Crippen molar-refractivity contribution in [1.29, 1.82) is 0 Å². The molecule has 1 heterocycles. The normalized spacial score (nSPS) is 19.7. The lowest BCUT2D eigenvalue weighted by Gasteiger charge is -2.32. The van der Waals surface area contributed by atoms with E-state index in [9.17, 15) is 17.6 Å². The molecule has 0 unspecified atom stereocenters. The first kappa shape index (κ1) is 14.0. The maximum atomic E-state index is 13.0. The summed E-state index contributed by atoms with van der Waals surface area (Å²) >= 11 is 5.80. The summed E-state index contributed by atoms with van der Waals surface area (Å²) in [6, 6.07) is 2.06. The van der Waals surface area contributed by atoms with E-state index in [1.165, 1.54) is 12.2 Å². The number of fused-ring (bicyclic) bond motifs is 1. The van der Waals surface area contributed by atoms with E-state index in [1.54, 1.807) is 0 Å². The minimum absolute atomic E-state index is 0.0491. The van der Waals surface area contributed by atoms with Crippen LogP contribution in [-0.4, -0.2) is 18.8 Å². The van der Waals surface area contributed by atoms with Crippen molar-refractivity contribution in [3.8, 4) is 11.5 Å². The number of hydrogen-bond acceptors (Lipinski definition) is 3. The third-order valence-electron chi connectivity index (χ3n) is 2.31. The summed E-state index contributed by atoms with van der Waals surface area (Å²) in [5.74, 6) is -1.07. The van der Waals surface area contributed by atoms with Gasteiger partial charge < -0.3 is 15.2 Å². The Morgan fingerprint density at radius 2 is 1.63 bits per heavy atom. The van der Waals surface area contributed by atoms with Crippen molar-refractivity contribution in [2.75, 3.05) is 6.54 Å². The molecule has 0 bridgehead atoms. The molecular weight excluding hydrogens is 290 g/mol. The van der Waals surface area contributed by atoms with Crippen molar-refractivity contribution in [3.05, 3.63) is 28.8 Å². The number of halogens is 5. The van der Waals surface area contributed by atoms with E-state index >= 15 is 0 Å². The van der Waals surface area contributed by atoms with Gasteiger partial charge in [-0.05, 0) is 11.6 Å². The average molecular weight is 298 g/mol. The maximum absolute atomic E-state index is 13.0. The molecule has 1 aromatic rings. The van der Waals surface area contributed by atoms with Crippen molar-refractivity contribution in [3.63, 3.8) is 0 Å². The molecule has 0 saturated carbocycles. The summed E-state index contributed by atoms with van der Waals surface area (Å²) in [5.41, 5.74) is 5.54. The highest BCUT2D eigenvalue weighted by molar-refractivity contribution is 6.32. The van der Waals surface area contributed by atoms with Gasteiger partial charge in [-0.1, -0.05) is 23.8 Å². The van der Waals surface area contributed by atoms with E-state index in [0.29, 0.717) is 5.56 Å². The lowest BCUT2D eigenvalue weighted by Crippen LogP contribution is -2.52. The standard InChI is InChI=1S/C11H8ClF4NO2/c12-7-5-9-8(4-6(7)2-1-3-17)18-10(13,14)11(15,16)19-9/h1-2,4-5H,3,17H2/b2-1+. The van der Waals surface area contributed by atoms with Crippen molar-refractivity contribution in [2.45, 2.75) is 12.2 Å². The van der Waals surface area contributed by atoms with Crippen LogP contribution in [0, 0.1) is 0 Å². The Labute approximate surface area is 110 Å². The molecule has 19 heavy (non-hydrogen) atoms. The van der Waals surface area contributed by atoms with Crippen LogP contribution in [0.5, 0.6) is 11.5 Å². The first-order valence-electron chi connectivity index (χ1n) is 5.10. The number of ether oxygens (including phenoxy) is 2. The lowest BCUT2D eigenvalue weighted by molar-refractivity contribution is -0.391. The van der Waals surface area contributed by atoms with E-state index < -0.39 is 23.7 Å². The van der Waals surface area contributed by atoms with E-state index in [-0.39, 0.29) is 11.6 Å². The zero-order valence-corrected chi connectivity index (χ0v) is 10.1. The second-order valence-electron chi connectivity index (χ2n) is 3.70. The SMILES string of the molecule is NC/C=C/c1cc2c(cc1Cl)OC(F)(F)C(F)(F)O2. The lowest BCUT2D eigenvalue weighted by atomic mass is 10.1. The molecule has 2 rings (SSSR count). The van der Waals surface area contributed by atoms with Gasteiger partial charge >= 0.3 is 12.2 Å². The Balaban J connectivity index is 2.45. The Hall–Kier alpha value is -1.47. The largest absolute Gasteiger partial charge is 0.507 e. The van der Waals surface area contributed by atoms with Gasteiger partial charge in [0, 0.05) is 12.6 Å². The molecule has 8 heteroatoms. The van der Waals surface area contributed by atoms with Crippen LogP contribution in [0.4, 0.5) is 17.6 Å². The van der Waals surface area contributed by atoms with Crippen molar-refractivity contribution in [1.82, 2.24) is 0 Å². The van der Waals surface area contributed by atoms with Crippen molar-refractivity contribution >= 4 is 17.7 Å². The molecule has 0 aliphatic carbocycles. The van der Waals surface area contributed by atoms with Gasteiger partial charge in [-0.15, -0.1) is 0 Å². The average Bonchev–Trinajstić information content (AvgIpc) is 2.28. The molecule has 0 fully saturated rings. The van der Waals surface area contributed by atoms with Gasteiger partial charge in [-0.3, -0.25) is 0 Å². The fourth-order valence-corrected chi connectivity index (χ4v) is 1.64. The first-order valence-corrected chi connectivity index (χ1v) is 5.48. The molecule has 0 amide bonds.